The van der Waals surface area contributed by atoms with Crippen molar-refractivity contribution in [1.82, 2.24) is 25.5 Å². The molecule has 9 nitrogen and oxygen atoms in total. The van der Waals surface area contributed by atoms with Gasteiger partial charge >= 0.3 is 0 Å². The van der Waals surface area contributed by atoms with Crippen LogP contribution in [0.2, 0.25) is 0 Å². The molecule has 1 spiro atoms. The first kappa shape index (κ1) is 25.3. The lowest BCUT2D eigenvalue weighted by Gasteiger charge is -2.41. The molecule has 2 aromatic heterocycles. The van der Waals surface area contributed by atoms with E-state index in [2.05, 4.69) is 61.5 Å². The van der Waals surface area contributed by atoms with E-state index in [0.717, 1.165) is 91.6 Å². The average molecular weight is 526 g/mol. The molecule has 1 aromatic carbocycles. The zero-order chi connectivity index (χ0) is 27.0. The van der Waals surface area contributed by atoms with Crippen molar-refractivity contribution in [2.75, 3.05) is 56.5 Å². The van der Waals surface area contributed by atoms with E-state index in [1.807, 2.05) is 24.3 Å². The smallest absolute Gasteiger partial charge is 0.253 e. The Hall–Kier alpha value is -3.95. The second-order valence-electron chi connectivity index (χ2n) is 10.8. The quantitative estimate of drug-likeness (QED) is 0.381. The Labute approximate surface area is 228 Å². The summed E-state index contributed by atoms with van der Waals surface area (Å²) in [5.74, 6) is -0.286. The Kier molecular flexibility index (Phi) is 6.70. The molecule has 39 heavy (non-hydrogen) atoms. The van der Waals surface area contributed by atoms with Crippen LogP contribution in [0.5, 0.6) is 0 Å². The Bertz CT molecular complexity index is 1410. The number of H-pyrrole nitrogens is 1. The lowest BCUT2D eigenvalue weighted by atomic mass is 9.82. The maximum Gasteiger partial charge on any atom is 0.253 e. The highest BCUT2D eigenvalue weighted by Crippen LogP contribution is 2.38. The van der Waals surface area contributed by atoms with Crippen molar-refractivity contribution in [3.8, 4) is 22.5 Å². The molecule has 9 heteroatoms. The summed E-state index contributed by atoms with van der Waals surface area (Å²) in [5.41, 5.74) is 6.70. The molecule has 3 aliphatic rings. The third-order valence-corrected chi connectivity index (χ3v) is 8.24. The molecular weight excluding hydrogens is 490 g/mol. The summed E-state index contributed by atoms with van der Waals surface area (Å²) < 4.78 is 0. The van der Waals surface area contributed by atoms with Crippen LogP contribution in [0.15, 0.2) is 55.3 Å². The van der Waals surface area contributed by atoms with Gasteiger partial charge in [-0.3, -0.25) is 14.6 Å². The molecule has 1 atom stereocenters. The summed E-state index contributed by atoms with van der Waals surface area (Å²) in [7, 11) is 2.12. The molecule has 2 fully saturated rings. The van der Waals surface area contributed by atoms with Crippen LogP contribution < -0.4 is 20.9 Å². The number of aromatic amines is 1. The number of nitrogens with one attached hydrogen (secondary N) is 4. The number of carbonyl (C=O) groups excluding carboxylic acids is 2. The first-order valence-corrected chi connectivity index (χ1v) is 13.7. The third kappa shape index (κ3) is 4.84. The number of piperidine rings is 1. The van der Waals surface area contributed by atoms with Crippen molar-refractivity contribution in [3.05, 3.63) is 66.5 Å². The molecule has 3 aliphatic heterocycles. The largest absolute Gasteiger partial charge is 0.367 e. The van der Waals surface area contributed by atoms with Crippen molar-refractivity contribution in [2.45, 2.75) is 24.8 Å². The van der Waals surface area contributed by atoms with Gasteiger partial charge in [-0.2, -0.15) is 0 Å². The fourth-order valence-corrected chi connectivity index (χ4v) is 5.97. The van der Waals surface area contributed by atoms with Gasteiger partial charge < -0.3 is 30.7 Å². The second kappa shape index (κ2) is 10.3. The predicted octanol–water partition coefficient (Wildman–Crippen LogP) is 3.33. The number of amides is 2. The van der Waals surface area contributed by atoms with Crippen molar-refractivity contribution in [1.29, 1.82) is 0 Å². The van der Waals surface area contributed by atoms with Crippen LogP contribution >= 0.6 is 0 Å². The Morgan fingerprint density at radius 1 is 1.10 bits per heavy atom. The van der Waals surface area contributed by atoms with Gasteiger partial charge in [-0.1, -0.05) is 12.6 Å². The van der Waals surface area contributed by atoms with Crippen LogP contribution in [0.4, 0.5) is 11.4 Å². The first-order valence-electron chi connectivity index (χ1n) is 13.7. The van der Waals surface area contributed by atoms with E-state index in [-0.39, 0.29) is 17.4 Å². The molecule has 5 heterocycles. The molecule has 0 saturated carbocycles. The van der Waals surface area contributed by atoms with Crippen LogP contribution in [-0.2, 0) is 10.3 Å². The lowest BCUT2D eigenvalue weighted by molar-refractivity contribution is -0.111. The summed E-state index contributed by atoms with van der Waals surface area (Å²) in [4.78, 5) is 37.9. The topological polar surface area (TPSA) is 105 Å². The number of carbonyl (C=O) groups is 2. The molecule has 0 aliphatic carbocycles. The van der Waals surface area contributed by atoms with E-state index in [1.165, 1.54) is 6.08 Å². The minimum Gasteiger partial charge on any atom is -0.367 e. The van der Waals surface area contributed by atoms with Crippen LogP contribution in [0.25, 0.3) is 22.5 Å². The normalized spacial score (nSPS) is 21.4. The number of fused-ring (bicyclic) bond motifs is 2. The van der Waals surface area contributed by atoms with Crippen LogP contribution in [-0.4, -0.2) is 73.0 Å². The summed E-state index contributed by atoms with van der Waals surface area (Å²) in [6.07, 6.45) is 6.34. The number of aromatic nitrogens is 2. The molecule has 2 saturated heterocycles. The fraction of sp³-hybridized carbons (Fsp3) is 0.367. The molecule has 202 valence electrons. The van der Waals surface area contributed by atoms with Gasteiger partial charge in [0.2, 0.25) is 5.91 Å². The Morgan fingerprint density at radius 3 is 2.72 bits per heavy atom. The summed E-state index contributed by atoms with van der Waals surface area (Å²) in [6, 6.07) is 12.0. The van der Waals surface area contributed by atoms with Gasteiger partial charge in [0.05, 0.1) is 33.9 Å². The van der Waals surface area contributed by atoms with E-state index in [0.29, 0.717) is 12.1 Å². The highest BCUT2D eigenvalue weighted by molar-refractivity contribution is 6.02. The van der Waals surface area contributed by atoms with Gasteiger partial charge in [-0.15, -0.1) is 0 Å². The van der Waals surface area contributed by atoms with Gasteiger partial charge in [0, 0.05) is 55.7 Å². The standard InChI is InChI=1S/C30H35N7O2/c1-3-27(38)34-25-17-20(6-7-26(25)37-14-12-36(2)13-15-37)23-16-21(8-11-31-23)24-18-22-28(35-24)30(19-32-29(22)39)9-4-5-10-33-30/h3,6-8,11,16-18,33,35H,1,4-5,9-10,12-15,19H2,2H3,(H,32,39)(H,34,38). The average Bonchev–Trinajstić information content (AvgIpc) is 3.44. The summed E-state index contributed by atoms with van der Waals surface area (Å²) in [5, 5.41) is 9.75. The number of rotatable bonds is 5. The van der Waals surface area contributed by atoms with E-state index in [9.17, 15) is 9.59 Å². The van der Waals surface area contributed by atoms with Gasteiger partial charge in [0.25, 0.3) is 5.91 Å². The van der Waals surface area contributed by atoms with Crippen molar-refractivity contribution in [3.63, 3.8) is 0 Å². The maximum absolute atomic E-state index is 12.8. The predicted molar refractivity (Wildman–Crippen MR) is 154 cm³/mol. The number of hydrogen-bond donors (Lipinski definition) is 4. The molecule has 6 rings (SSSR count). The molecule has 0 bridgehead atoms. The minimum absolute atomic E-state index is 0.0399. The van der Waals surface area contributed by atoms with Gasteiger partial charge in [0.15, 0.2) is 0 Å². The molecule has 2 amide bonds. The second-order valence-corrected chi connectivity index (χ2v) is 10.8. The third-order valence-electron chi connectivity index (χ3n) is 8.24. The minimum atomic E-state index is -0.246. The summed E-state index contributed by atoms with van der Waals surface area (Å²) in [6.45, 7) is 8.87. The van der Waals surface area contributed by atoms with E-state index < -0.39 is 0 Å². The number of pyridine rings is 1. The van der Waals surface area contributed by atoms with Gasteiger partial charge in [-0.05, 0) is 69.3 Å². The zero-order valence-electron chi connectivity index (χ0n) is 22.3. The van der Waals surface area contributed by atoms with Crippen LogP contribution in [0.1, 0.15) is 35.3 Å². The lowest BCUT2D eigenvalue weighted by Crippen LogP contribution is -2.57. The van der Waals surface area contributed by atoms with Crippen LogP contribution in [0.3, 0.4) is 0 Å². The number of piperazine rings is 1. The van der Waals surface area contributed by atoms with E-state index in [4.69, 9.17) is 0 Å². The van der Waals surface area contributed by atoms with Gasteiger partial charge in [0.1, 0.15) is 0 Å². The Morgan fingerprint density at radius 2 is 1.95 bits per heavy atom. The van der Waals surface area contributed by atoms with Crippen molar-refractivity contribution in [2.24, 2.45) is 0 Å². The first-order chi connectivity index (χ1) is 19.0. The number of hydrogen-bond acceptors (Lipinski definition) is 6. The molecule has 0 radical (unpaired) electrons. The number of benzene rings is 1. The monoisotopic (exact) mass is 525 g/mol. The maximum atomic E-state index is 12.8. The van der Waals surface area contributed by atoms with E-state index >= 15 is 0 Å². The molecule has 4 N–H and O–H groups in total. The van der Waals surface area contributed by atoms with Gasteiger partial charge in [-0.25, -0.2) is 0 Å². The zero-order valence-corrected chi connectivity index (χ0v) is 22.3. The molecular formula is C30H35N7O2. The van der Waals surface area contributed by atoms with E-state index in [1.54, 1.807) is 6.20 Å². The Balaban J connectivity index is 1.34. The highest BCUT2D eigenvalue weighted by atomic mass is 16.2. The number of likely N-dealkylation sites (N-methyl/N-ethyl adjacent to an activating group) is 1. The number of nitrogens with zero attached hydrogens (tertiary/aromatic N) is 3. The number of anilines is 2. The SMILES string of the molecule is C=CC(=O)Nc1cc(-c2cc(-c3cc4c([nH]3)C3(CCCCN3)CNC4=O)ccn2)ccc1N1CCN(C)CC1. The van der Waals surface area contributed by atoms with Crippen molar-refractivity contribution < 1.29 is 9.59 Å². The van der Waals surface area contributed by atoms with Crippen molar-refractivity contribution >= 4 is 23.2 Å². The van der Waals surface area contributed by atoms with Crippen LogP contribution in [0, 0.1) is 0 Å². The highest BCUT2D eigenvalue weighted by Gasteiger charge is 2.42. The molecule has 1 unspecified atom stereocenters. The fourth-order valence-electron chi connectivity index (χ4n) is 5.97. The summed E-state index contributed by atoms with van der Waals surface area (Å²) >= 11 is 0. The molecule has 3 aromatic rings.